The third-order valence-corrected chi connectivity index (χ3v) is 5.96. The number of carbonyl (C=O) groups excluding carboxylic acids is 3. The van der Waals surface area contributed by atoms with Gasteiger partial charge in [-0.1, -0.05) is 47.5 Å². The first-order valence-electron chi connectivity index (χ1n) is 10.7. The van der Waals surface area contributed by atoms with Crippen LogP contribution in [0.25, 0.3) is 0 Å². The topological polar surface area (TPSA) is 90.5 Å². The van der Waals surface area contributed by atoms with E-state index < -0.39 is 12.1 Å². The summed E-state index contributed by atoms with van der Waals surface area (Å²) >= 11 is 12.2. The Morgan fingerprint density at radius 2 is 1.47 bits per heavy atom. The summed E-state index contributed by atoms with van der Waals surface area (Å²) in [5.41, 5.74) is 1.94. The van der Waals surface area contributed by atoms with Crippen LogP contribution in [0.3, 0.4) is 0 Å². The molecule has 1 fully saturated rings. The average Bonchev–Trinajstić information content (AvgIpc) is 3.31. The van der Waals surface area contributed by atoms with Crippen molar-refractivity contribution in [2.45, 2.75) is 18.9 Å². The van der Waals surface area contributed by atoms with E-state index in [-0.39, 0.29) is 22.4 Å². The van der Waals surface area contributed by atoms with Crippen molar-refractivity contribution >= 4 is 58.1 Å². The average molecular weight is 497 g/mol. The van der Waals surface area contributed by atoms with E-state index >= 15 is 0 Å². The highest BCUT2D eigenvalue weighted by atomic mass is 35.5. The lowest BCUT2D eigenvalue weighted by Crippen LogP contribution is -2.43. The number of likely N-dealkylation sites (tertiary alicyclic amines) is 1. The molecule has 0 bridgehead atoms. The van der Waals surface area contributed by atoms with Crippen LogP contribution in [0, 0.1) is 0 Å². The lowest BCUT2D eigenvalue weighted by Gasteiger charge is -2.24. The molecule has 4 rings (SSSR count). The van der Waals surface area contributed by atoms with E-state index in [9.17, 15) is 14.4 Å². The van der Waals surface area contributed by atoms with Gasteiger partial charge in [-0.05, 0) is 61.4 Å². The zero-order valence-electron chi connectivity index (χ0n) is 18.1. The summed E-state index contributed by atoms with van der Waals surface area (Å²) in [6, 6.07) is 19.5. The lowest BCUT2D eigenvalue weighted by molar-refractivity contribution is -0.119. The van der Waals surface area contributed by atoms with Crippen LogP contribution in [0.5, 0.6) is 0 Å². The molecule has 3 aromatic carbocycles. The third kappa shape index (κ3) is 5.68. The number of halogens is 2. The number of nitrogens with one attached hydrogen (secondary N) is 3. The summed E-state index contributed by atoms with van der Waals surface area (Å²) in [6.45, 7) is 0.445. The van der Waals surface area contributed by atoms with Crippen molar-refractivity contribution < 1.29 is 14.4 Å². The Labute approximate surface area is 207 Å². The van der Waals surface area contributed by atoms with Crippen LogP contribution in [-0.4, -0.2) is 35.3 Å². The molecule has 1 heterocycles. The summed E-state index contributed by atoms with van der Waals surface area (Å²) in [5.74, 6) is -0.645. The Balaban J connectivity index is 1.41. The highest BCUT2D eigenvalue weighted by Crippen LogP contribution is 2.27. The Morgan fingerprint density at radius 3 is 2.24 bits per heavy atom. The second-order valence-corrected chi connectivity index (χ2v) is 8.64. The Bertz CT molecular complexity index is 1220. The van der Waals surface area contributed by atoms with Crippen molar-refractivity contribution in [2.24, 2.45) is 0 Å². The molecule has 0 aliphatic carbocycles. The molecule has 34 heavy (non-hydrogen) atoms. The fourth-order valence-corrected chi connectivity index (χ4v) is 4.18. The van der Waals surface area contributed by atoms with Gasteiger partial charge in [-0.15, -0.1) is 0 Å². The van der Waals surface area contributed by atoms with Crippen LogP contribution >= 0.6 is 23.2 Å². The van der Waals surface area contributed by atoms with E-state index in [0.29, 0.717) is 41.5 Å². The number of carbonyl (C=O) groups is 3. The van der Waals surface area contributed by atoms with Crippen molar-refractivity contribution in [3.05, 3.63) is 88.4 Å². The van der Waals surface area contributed by atoms with Crippen LogP contribution < -0.4 is 16.0 Å². The predicted octanol–water partition coefficient (Wildman–Crippen LogP) is 5.88. The molecule has 1 unspecified atom stereocenters. The Kier molecular flexibility index (Phi) is 7.35. The zero-order chi connectivity index (χ0) is 24.1. The number of para-hydroxylation sites is 1. The number of hydrogen-bond acceptors (Lipinski definition) is 3. The second kappa shape index (κ2) is 10.6. The van der Waals surface area contributed by atoms with Crippen molar-refractivity contribution in [3.8, 4) is 0 Å². The van der Waals surface area contributed by atoms with E-state index in [2.05, 4.69) is 16.0 Å². The van der Waals surface area contributed by atoms with Gasteiger partial charge in [-0.2, -0.15) is 0 Å². The lowest BCUT2D eigenvalue weighted by atomic mass is 10.1. The molecule has 0 spiro atoms. The highest BCUT2D eigenvalue weighted by molar-refractivity contribution is 6.35. The molecule has 1 aliphatic rings. The normalized spacial score (nSPS) is 15.0. The molecule has 1 saturated heterocycles. The quantitative estimate of drug-likeness (QED) is 0.411. The third-order valence-electron chi connectivity index (χ3n) is 5.39. The number of amides is 4. The van der Waals surface area contributed by atoms with Crippen LogP contribution in [-0.2, 0) is 4.79 Å². The number of urea groups is 1. The van der Waals surface area contributed by atoms with Gasteiger partial charge in [-0.3, -0.25) is 9.59 Å². The van der Waals surface area contributed by atoms with E-state index in [4.69, 9.17) is 23.2 Å². The molecule has 1 atom stereocenters. The Hall–Kier alpha value is -3.55. The van der Waals surface area contributed by atoms with Gasteiger partial charge in [0, 0.05) is 28.6 Å². The summed E-state index contributed by atoms with van der Waals surface area (Å²) in [4.78, 5) is 39.9. The summed E-state index contributed by atoms with van der Waals surface area (Å²) in [7, 11) is 0. The predicted molar refractivity (Wildman–Crippen MR) is 135 cm³/mol. The molecule has 0 radical (unpaired) electrons. The number of hydrogen-bond donors (Lipinski definition) is 3. The van der Waals surface area contributed by atoms with Gasteiger partial charge < -0.3 is 20.9 Å². The largest absolute Gasteiger partial charge is 0.327 e. The van der Waals surface area contributed by atoms with Gasteiger partial charge >= 0.3 is 6.03 Å². The molecule has 7 nitrogen and oxygen atoms in total. The maximum absolute atomic E-state index is 13.1. The van der Waals surface area contributed by atoms with Crippen molar-refractivity contribution in [3.63, 3.8) is 0 Å². The molecule has 3 aromatic rings. The smallest absolute Gasteiger partial charge is 0.323 e. The minimum atomic E-state index is -0.638. The number of nitrogens with zero attached hydrogens (tertiary/aromatic N) is 1. The standard InChI is InChI=1S/C25H22Cl2N4O3/c26-16-11-12-21(27)20(14-16)24(33)31-13-5-10-22(31)23(32)28-18-8-4-9-19(15-18)30-25(34)29-17-6-2-1-3-7-17/h1-4,6-9,11-12,14-15,22H,5,10,13H2,(H,28,32)(H2,29,30,34). The van der Waals surface area contributed by atoms with E-state index in [1.54, 1.807) is 48.5 Å². The monoisotopic (exact) mass is 496 g/mol. The molecule has 4 amide bonds. The first-order valence-corrected chi connectivity index (χ1v) is 11.5. The molecular formula is C25H22Cl2N4O3. The zero-order valence-corrected chi connectivity index (χ0v) is 19.6. The number of benzene rings is 3. The van der Waals surface area contributed by atoms with Gasteiger partial charge in [0.1, 0.15) is 6.04 Å². The van der Waals surface area contributed by atoms with Gasteiger partial charge in [0.05, 0.1) is 10.6 Å². The summed E-state index contributed by atoms with van der Waals surface area (Å²) in [5, 5.41) is 9.00. The van der Waals surface area contributed by atoms with Crippen LogP contribution in [0.4, 0.5) is 21.9 Å². The maximum atomic E-state index is 13.1. The van der Waals surface area contributed by atoms with Crippen LogP contribution in [0.1, 0.15) is 23.2 Å². The van der Waals surface area contributed by atoms with E-state index in [1.807, 2.05) is 18.2 Å². The SMILES string of the molecule is O=C(Nc1ccccc1)Nc1cccc(NC(=O)C2CCCN2C(=O)c2cc(Cl)ccc2Cl)c1. The van der Waals surface area contributed by atoms with E-state index in [0.717, 1.165) is 0 Å². The van der Waals surface area contributed by atoms with Crippen LogP contribution in [0.15, 0.2) is 72.8 Å². The number of anilines is 3. The molecule has 3 N–H and O–H groups in total. The first kappa shape index (κ1) is 23.6. The van der Waals surface area contributed by atoms with Gasteiger partial charge in [0.15, 0.2) is 0 Å². The Morgan fingerprint density at radius 1 is 0.794 bits per heavy atom. The summed E-state index contributed by atoms with van der Waals surface area (Å²) in [6.07, 6.45) is 1.23. The fourth-order valence-electron chi connectivity index (χ4n) is 3.81. The minimum absolute atomic E-state index is 0.268. The van der Waals surface area contributed by atoms with Gasteiger partial charge in [-0.25, -0.2) is 4.79 Å². The number of rotatable bonds is 5. The minimum Gasteiger partial charge on any atom is -0.327 e. The van der Waals surface area contributed by atoms with Gasteiger partial charge in [0.25, 0.3) is 5.91 Å². The first-order chi connectivity index (χ1) is 16.4. The molecule has 0 saturated carbocycles. The summed E-state index contributed by atoms with van der Waals surface area (Å²) < 4.78 is 0. The van der Waals surface area contributed by atoms with E-state index in [1.165, 1.54) is 11.0 Å². The van der Waals surface area contributed by atoms with Crippen molar-refractivity contribution in [1.29, 1.82) is 0 Å². The molecule has 9 heteroatoms. The molecular weight excluding hydrogens is 475 g/mol. The fraction of sp³-hybridized carbons (Fsp3) is 0.160. The van der Waals surface area contributed by atoms with Crippen LogP contribution in [0.2, 0.25) is 10.0 Å². The molecule has 1 aliphatic heterocycles. The molecule has 174 valence electrons. The van der Waals surface area contributed by atoms with Crippen molar-refractivity contribution in [1.82, 2.24) is 4.90 Å². The van der Waals surface area contributed by atoms with Crippen molar-refractivity contribution in [2.75, 3.05) is 22.5 Å². The highest BCUT2D eigenvalue weighted by Gasteiger charge is 2.35. The maximum Gasteiger partial charge on any atom is 0.323 e. The second-order valence-electron chi connectivity index (χ2n) is 7.80. The van der Waals surface area contributed by atoms with Gasteiger partial charge in [0.2, 0.25) is 5.91 Å². The molecule has 0 aromatic heterocycles.